The number of benzene rings is 1. The zero-order valence-electron chi connectivity index (χ0n) is 18.7. The van der Waals surface area contributed by atoms with Gasteiger partial charge >= 0.3 is 0 Å². The number of carbonyl (C=O) groups is 1. The zero-order chi connectivity index (χ0) is 22.5. The van der Waals surface area contributed by atoms with Crippen LogP contribution in [0.1, 0.15) is 16.7 Å². The van der Waals surface area contributed by atoms with Crippen molar-refractivity contribution < 1.29 is 9.53 Å². The van der Waals surface area contributed by atoms with Crippen LogP contribution in [0.2, 0.25) is 0 Å². The van der Waals surface area contributed by atoms with E-state index < -0.39 is 0 Å². The van der Waals surface area contributed by atoms with Gasteiger partial charge in [-0.1, -0.05) is 18.2 Å². The molecule has 1 N–H and O–H groups in total. The maximum absolute atomic E-state index is 12.7. The van der Waals surface area contributed by atoms with Crippen LogP contribution in [0.25, 0.3) is 0 Å². The van der Waals surface area contributed by atoms with Crippen molar-refractivity contribution in [2.24, 2.45) is 0 Å². The van der Waals surface area contributed by atoms with Gasteiger partial charge in [0.25, 0.3) is 0 Å². The van der Waals surface area contributed by atoms with Gasteiger partial charge in [0, 0.05) is 32.4 Å². The van der Waals surface area contributed by atoms with Crippen LogP contribution >= 0.6 is 0 Å². The summed E-state index contributed by atoms with van der Waals surface area (Å²) in [5, 5.41) is 11.8. The molecule has 0 atom stereocenters. The lowest BCUT2D eigenvalue weighted by molar-refractivity contribution is -0.130. The maximum atomic E-state index is 12.7. The first-order valence-electron chi connectivity index (χ1n) is 10.7. The number of nitrogens with zero attached hydrogens (tertiary/aromatic N) is 5. The molecule has 0 saturated carbocycles. The minimum absolute atomic E-state index is 0.144. The number of methoxy groups -OCH3 is 1. The summed E-state index contributed by atoms with van der Waals surface area (Å²) in [5.41, 5.74) is 3.15. The van der Waals surface area contributed by atoms with E-state index in [1.54, 1.807) is 13.3 Å². The summed E-state index contributed by atoms with van der Waals surface area (Å²) in [6, 6.07) is 13.6. The molecule has 1 fully saturated rings. The normalized spacial score (nSPS) is 13.7. The van der Waals surface area contributed by atoms with Gasteiger partial charge in [-0.05, 0) is 54.8 Å². The van der Waals surface area contributed by atoms with Crippen molar-refractivity contribution in [2.75, 3.05) is 43.5 Å². The number of hydrogen-bond donors (Lipinski definition) is 1. The van der Waals surface area contributed by atoms with Gasteiger partial charge in [-0.25, -0.2) is 4.98 Å². The molecule has 166 valence electrons. The van der Waals surface area contributed by atoms with Gasteiger partial charge in [-0.2, -0.15) is 0 Å². The van der Waals surface area contributed by atoms with E-state index in [0.717, 1.165) is 47.2 Å². The van der Waals surface area contributed by atoms with Crippen molar-refractivity contribution in [1.82, 2.24) is 20.1 Å². The standard InChI is InChI=1S/C24H28N6O2/c1-17-4-7-21(25-16-17)26-22-8-9-23(28-27-22)29-10-12-30(13-11-29)24(31)15-19-5-6-20(32-3)18(2)14-19/h4-9,14,16H,10-13,15H2,1-3H3,(H,25,26,27). The molecule has 1 aliphatic rings. The zero-order valence-corrected chi connectivity index (χ0v) is 18.7. The first-order valence-corrected chi connectivity index (χ1v) is 10.7. The number of piperazine rings is 1. The molecule has 0 spiro atoms. The van der Waals surface area contributed by atoms with Gasteiger partial charge in [0.15, 0.2) is 11.6 Å². The Morgan fingerprint density at radius 1 is 1.00 bits per heavy atom. The fourth-order valence-corrected chi connectivity index (χ4v) is 3.76. The molecule has 32 heavy (non-hydrogen) atoms. The molecule has 3 aromatic rings. The van der Waals surface area contributed by atoms with Gasteiger partial charge in [-0.3, -0.25) is 4.79 Å². The number of carbonyl (C=O) groups excluding carboxylic acids is 1. The Labute approximate surface area is 188 Å². The van der Waals surface area contributed by atoms with E-state index >= 15 is 0 Å². The third-order valence-electron chi connectivity index (χ3n) is 5.59. The molecule has 0 aliphatic carbocycles. The van der Waals surface area contributed by atoms with Crippen molar-refractivity contribution in [1.29, 1.82) is 0 Å². The summed E-state index contributed by atoms with van der Waals surface area (Å²) in [6.07, 6.45) is 2.21. The highest BCUT2D eigenvalue weighted by Crippen LogP contribution is 2.20. The van der Waals surface area contributed by atoms with Crippen LogP contribution in [0.3, 0.4) is 0 Å². The number of rotatable bonds is 6. The topological polar surface area (TPSA) is 83.5 Å². The SMILES string of the molecule is COc1ccc(CC(=O)N2CCN(c3ccc(Nc4ccc(C)cn4)nn3)CC2)cc1C. The van der Waals surface area contributed by atoms with E-state index in [-0.39, 0.29) is 5.91 Å². The Morgan fingerprint density at radius 3 is 2.41 bits per heavy atom. The molecule has 2 aromatic heterocycles. The lowest BCUT2D eigenvalue weighted by Gasteiger charge is -2.35. The quantitative estimate of drug-likeness (QED) is 0.641. The molecule has 1 amide bonds. The number of nitrogens with one attached hydrogen (secondary N) is 1. The smallest absolute Gasteiger partial charge is 0.227 e. The van der Waals surface area contributed by atoms with Gasteiger partial charge < -0.3 is 19.9 Å². The number of ether oxygens (including phenoxy) is 1. The molecular weight excluding hydrogens is 404 g/mol. The van der Waals surface area contributed by atoms with E-state index in [2.05, 4.69) is 25.4 Å². The van der Waals surface area contributed by atoms with Crippen LogP contribution in [-0.2, 0) is 11.2 Å². The summed E-state index contributed by atoms with van der Waals surface area (Å²) < 4.78 is 5.30. The minimum Gasteiger partial charge on any atom is -0.496 e. The van der Waals surface area contributed by atoms with Gasteiger partial charge in [-0.15, -0.1) is 10.2 Å². The third kappa shape index (κ3) is 5.14. The third-order valence-corrected chi connectivity index (χ3v) is 5.59. The van der Waals surface area contributed by atoms with Crippen LogP contribution in [0.4, 0.5) is 17.5 Å². The van der Waals surface area contributed by atoms with E-state index in [1.165, 1.54) is 0 Å². The first-order chi connectivity index (χ1) is 15.5. The largest absolute Gasteiger partial charge is 0.496 e. The number of aryl methyl sites for hydroxylation is 2. The Morgan fingerprint density at radius 2 is 1.78 bits per heavy atom. The monoisotopic (exact) mass is 432 g/mol. The van der Waals surface area contributed by atoms with E-state index in [9.17, 15) is 4.79 Å². The molecular formula is C24H28N6O2. The average molecular weight is 433 g/mol. The molecule has 0 unspecified atom stereocenters. The first kappa shape index (κ1) is 21.5. The molecule has 1 aromatic carbocycles. The highest BCUT2D eigenvalue weighted by Gasteiger charge is 2.22. The number of hydrogen-bond acceptors (Lipinski definition) is 7. The molecule has 1 saturated heterocycles. The lowest BCUT2D eigenvalue weighted by Crippen LogP contribution is -2.49. The lowest BCUT2D eigenvalue weighted by atomic mass is 10.1. The summed E-state index contributed by atoms with van der Waals surface area (Å²) in [6.45, 7) is 6.79. The van der Waals surface area contributed by atoms with Crippen molar-refractivity contribution in [3.05, 3.63) is 65.4 Å². The van der Waals surface area contributed by atoms with Crippen LogP contribution in [0.5, 0.6) is 5.75 Å². The summed E-state index contributed by atoms with van der Waals surface area (Å²) >= 11 is 0. The Kier molecular flexibility index (Phi) is 6.49. The van der Waals surface area contributed by atoms with Crippen LogP contribution in [0, 0.1) is 13.8 Å². The van der Waals surface area contributed by atoms with E-state index in [0.29, 0.717) is 25.3 Å². The van der Waals surface area contributed by atoms with E-state index in [1.807, 2.05) is 61.2 Å². The molecule has 4 rings (SSSR count). The molecule has 8 nitrogen and oxygen atoms in total. The van der Waals surface area contributed by atoms with Gasteiger partial charge in [0.05, 0.1) is 13.5 Å². The predicted octanol–water partition coefficient (Wildman–Crippen LogP) is 3.13. The van der Waals surface area contributed by atoms with Crippen molar-refractivity contribution in [3.8, 4) is 5.75 Å². The van der Waals surface area contributed by atoms with Crippen LogP contribution in [0.15, 0.2) is 48.7 Å². The predicted molar refractivity (Wildman–Crippen MR) is 125 cm³/mol. The molecule has 0 radical (unpaired) electrons. The van der Waals surface area contributed by atoms with E-state index in [4.69, 9.17) is 4.74 Å². The Bertz CT molecular complexity index is 1060. The van der Waals surface area contributed by atoms with Crippen molar-refractivity contribution in [3.63, 3.8) is 0 Å². The highest BCUT2D eigenvalue weighted by atomic mass is 16.5. The summed E-state index contributed by atoms with van der Waals surface area (Å²) in [7, 11) is 1.66. The van der Waals surface area contributed by atoms with Crippen LogP contribution < -0.4 is 15.0 Å². The fourth-order valence-electron chi connectivity index (χ4n) is 3.76. The minimum atomic E-state index is 0.144. The summed E-state index contributed by atoms with van der Waals surface area (Å²) in [5.74, 6) is 3.17. The van der Waals surface area contributed by atoms with Crippen molar-refractivity contribution in [2.45, 2.75) is 20.3 Å². The second kappa shape index (κ2) is 9.64. The molecule has 0 bridgehead atoms. The van der Waals surface area contributed by atoms with Crippen molar-refractivity contribution >= 4 is 23.4 Å². The fraction of sp³-hybridized carbons (Fsp3) is 0.333. The molecule has 3 heterocycles. The summed E-state index contributed by atoms with van der Waals surface area (Å²) in [4.78, 5) is 21.1. The van der Waals surface area contributed by atoms with Crippen LogP contribution in [-0.4, -0.2) is 59.3 Å². The van der Waals surface area contributed by atoms with Gasteiger partial charge in [0.2, 0.25) is 5.91 Å². The molecule has 8 heteroatoms. The maximum Gasteiger partial charge on any atom is 0.227 e. The molecule has 1 aliphatic heterocycles. The highest BCUT2D eigenvalue weighted by molar-refractivity contribution is 5.79. The Hall–Kier alpha value is -3.68. The number of anilines is 3. The second-order valence-corrected chi connectivity index (χ2v) is 7.97. The van der Waals surface area contributed by atoms with Gasteiger partial charge in [0.1, 0.15) is 11.6 Å². The number of aromatic nitrogens is 3. The second-order valence-electron chi connectivity index (χ2n) is 7.97. The number of pyridine rings is 1. The Balaban J connectivity index is 1.29. The average Bonchev–Trinajstić information content (AvgIpc) is 2.81. The number of amides is 1.